The van der Waals surface area contributed by atoms with E-state index in [0.717, 1.165) is 0 Å². The van der Waals surface area contributed by atoms with Gasteiger partial charge in [-0.05, 0) is 13.3 Å². The molecule has 0 aliphatic carbocycles. The number of nitrogens with one attached hydrogen (secondary N) is 1. The molecule has 0 saturated heterocycles. The fourth-order valence-corrected chi connectivity index (χ4v) is 0.940. The van der Waals surface area contributed by atoms with Gasteiger partial charge in [-0.25, -0.2) is 4.79 Å². The van der Waals surface area contributed by atoms with Crippen molar-refractivity contribution in [3.05, 3.63) is 0 Å². The Morgan fingerprint density at radius 3 is 2.38 bits per heavy atom. The van der Waals surface area contributed by atoms with E-state index in [1.807, 2.05) is 0 Å². The van der Waals surface area contributed by atoms with Gasteiger partial charge in [-0.3, -0.25) is 9.59 Å². The van der Waals surface area contributed by atoms with E-state index in [0.29, 0.717) is 0 Å². The van der Waals surface area contributed by atoms with Crippen LogP contribution in [0.5, 0.6) is 0 Å². The Morgan fingerprint density at radius 1 is 1.44 bits per heavy atom. The summed E-state index contributed by atoms with van der Waals surface area (Å²) in [6.45, 7) is 1.49. The molecule has 0 aliphatic heterocycles. The number of carboxylic acid groups (broad SMARTS) is 1. The highest BCUT2D eigenvalue weighted by Gasteiger charge is 2.22. The highest BCUT2D eigenvalue weighted by atomic mass is 16.5. The molecule has 2 unspecified atom stereocenters. The summed E-state index contributed by atoms with van der Waals surface area (Å²) >= 11 is 0. The molecule has 0 radical (unpaired) electrons. The van der Waals surface area contributed by atoms with Gasteiger partial charge in [0.1, 0.15) is 12.1 Å². The highest BCUT2D eigenvalue weighted by Crippen LogP contribution is 1.99. The molecule has 7 nitrogen and oxygen atoms in total. The van der Waals surface area contributed by atoms with Gasteiger partial charge in [0.05, 0.1) is 0 Å². The third kappa shape index (κ3) is 5.30. The molecule has 0 aromatic heterocycles. The van der Waals surface area contributed by atoms with Crippen LogP contribution in [0, 0.1) is 0 Å². The summed E-state index contributed by atoms with van der Waals surface area (Å²) in [5.74, 6) is -2.36. The Kier molecular flexibility index (Phi) is 6.09. The number of aliphatic carboxylic acids is 1. The van der Waals surface area contributed by atoms with Crippen molar-refractivity contribution in [1.29, 1.82) is 0 Å². The second kappa shape index (κ2) is 6.78. The first kappa shape index (κ1) is 14.4. The van der Waals surface area contributed by atoms with Crippen LogP contribution < -0.4 is 11.1 Å². The molecule has 0 saturated carbocycles. The molecule has 4 N–H and O–H groups in total. The van der Waals surface area contributed by atoms with E-state index in [2.05, 4.69) is 5.32 Å². The fraction of sp³-hybridized carbons (Fsp3) is 0.667. The molecular formula is C9H16N2O5. The second-order valence-electron chi connectivity index (χ2n) is 3.28. The Labute approximate surface area is 92.9 Å². The van der Waals surface area contributed by atoms with Gasteiger partial charge >= 0.3 is 5.97 Å². The van der Waals surface area contributed by atoms with Gasteiger partial charge in [0, 0.05) is 13.5 Å². The number of rotatable bonds is 7. The van der Waals surface area contributed by atoms with Crippen molar-refractivity contribution in [2.75, 3.05) is 7.11 Å². The maximum Gasteiger partial charge on any atom is 0.326 e. The summed E-state index contributed by atoms with van der Waals surface area (Å²) in [6.07, 6.45) is -0.874. The van der Waals surface area contributed by atoms with Crippen molar-refractivity contribution in [2.45, 2.75) is 31.9 Å². The minimum Gasteiger partial charge on any atom is -0.480 e. The van der Waals surface area contributed by atoms with E-state index in [4.69, 9.17) is 15.6 Å². The fourth-order valence-electron chi connectivity index (χ4n) is 0.940. The zero-order valence-electron chi connectivity index (χ0n) is 9.23. The third-order valence-electron chi connectivity index (χ3n) is 2.02. The molecule has 92 valence electrons. The van der Waals surface area contributed by atoms with E-state index in [9.17, 15) is 14.4 Å². The lowest BCUT2D eigenvalue weighted by Gasteiger charge is -2.16. The number of ether oxygens (including phenoxy) is 1. The number of carbonyl (C=O) groups is 3. The number of nitrogens with two attached hydrogens (primary N) is 1. The molecule has 0 fully saturated rings. The van der Waals surface area contributed by atoms with Crippen LogP contribution in [0.2, 0.25) is 0 Å². The summed E-state index contributed by atoms with van der Waals surface area (Å²) in [5, 5.41) is 11.0. The van der Waals surface area contributed by atoms with Gasteiger partial charge in [0.15, 0.2) is 0 Å². The average molecular weight is 232 g/mol. The van der Waals surface area contributed by atoms with Gasteiger partial charge in [-0.15, -0.1) is 0 Å². The average Bonchev–Trinajstić information content (AvgIpc) is 2.21. The molecule has 0 bridgehead atoms. The first-order valence-corrected chi connectivity index (χ1v) is 4.72. The molecular weight excluding hydrogens is 216 g/mol. The first-order chi connectivity index (χ1) is 7.38. The van der Waals surface area contributed by atoms with E-state index in [1.54, 1.807) is 0 Å². The lowest BCUT2D eigenvalue weighted by atomic mass is 10.1. The molecule has 0 aromatic carbocycles. The maximum absolute atomic E-state index is 11.3. The van der Waals surface area contributed by atoms with Crippen LogP contribution in [0.3, 0.4) is 0 Å². The summed E-state index contributed by atoms with van der Waals surface area (Å²) in [7, 11) is 1.34. The molecule has 7 heteroatoms. The maximum atomic E-state index is 11.3. The Hall–Kier alpha value is -1.63. The van der Waals surface area contributed by atoms with Crippen molar-refractivity contribution in [2.24, 2.45) is 5.73 Å². The summed E-state index contributed by atoms with van der Waals surface area (Å²) in [5.41, 5.74) is 4.89. The zero-order valence-corrected chi connectivity index (χ0v) is 9.23. The van der Waals surface area contributed by atoms with Gasteiger partial charge in [-0.2, -0.15) is 0 Å². The SMILES string of the molecule is COC(C)C(=O)NC(CCC(N)=O)C(=O)O. The second-order valence-corrected chi connectivity index (χ2v) is 3.28. The topological polar surface area (TPSA) is 119 Å². The molecule has 0 heterocycles. The number of methoxy groups -OCH3 is 1. The Balaban J connectivity index is 4.28. The van der Waals surface area contributed by atoms with Gasteiger partial charge in [0.2, 0.25) is 11.8 Å². The predicted molar refractivity (Wildman–Crippen MR) is 54.5 cm³/mol. The third-order valence-corrected chi connectivity index (χ3v) is 2.02. The number of amides is 2. The predicted octanol–water partition coefficient (Wildman–Crippen LogP) is -1.14. The number of carboxylic acids is 1. The van der Waals surface area contributed by atoms with Gasteiger partial charge in [0.25, 0.3) is 0 Å². The molecule has 16 heavy (non-hydrogen) atoms. The minimum absolute atomic E-state index is 0.0349. The van der Waals surface area contributed by atoms with E-state index in [-0.39, 0.29) is 12.8 Å². The summed E-state index contributed by atoms with van der Waals surface area (Å²) in [6, 6.07) is -1.13. The van der Waals surface area contributed by atoms with Crippen LogP contribution in [-0.2, 0) is 19.1 Å². The molecule has 0 aromatic rings. The van der Waals surface area contributed by atoms with Crippen molar-refractivity contribution in [1.82, 2.24) is 5.32 Å². The lowest BCUT2D eigenvalue weighted by Crippen LogP contribution is -2.45. The van der Waals surface area contributed by atoms with Crippen molar-refractivity contribution < 1.29 is 24.2 Å². The van der Waals surface area contributed by atoms with Gasteiger partial charge < -0.3 is 20.9 Å². The molecule has 0 rings (SSSR count). The largest absolute Gasteiger partial charge is 0.480 e. The van der Waals surface area contributed by atoms with Crippen molar-refractivity contribution in [3.63, 3.8) is 0 Å². The van der Waals surface area contributed by atoms with Crippen molar-refractivity contribution in [3.8, 4) is 0 Å². The van der Waals surface area contributed by atoms with Crippen molar-refractivity contribution >= 4 is 17.8 Å². The highest BCUT2D eigenvalue weighted by molar-refractivity contribution is 5.86. The van der Waals surface area contributed by atoms with Crippen LogP contribution in [0.4, 0.5) is 0 Å². The first-order valence-electron chi connectivity index (χ1n) is 4.72. The Bertz CT molecular complexity index is 279. The molecule has 0 aliphatic rings. The van der Waals surface area contributed by atoms with Crippen LogP contribution >= 0.6 is 0 Å². The lowest BCUT2D eigenvalue weighted by molar-refractivity contribution is -0.144. The number of hydrogen-bond donors (Lipinski definition) is 3. The van der Waals surface area contributed by atoms with Crippen LogP contribution in [0.15, 0.2) is 0 Å². The number of hydrogen-bond acceptors (Lipinski definition) is 4. The monoisotopic (exact) mass is 232 g/mol. The summed E-state index contributed by atoms with van der Waals surface area (Å²) in [4.78, 5) is 32.6. The van der Waals surface area contributed by atoms with E-state index in [1.165, 1.54) is 14.0 Å². The minimum atomic E-state index is -1.21. The van der Waals surface area contributed by atoms with Crippen LogP contribution in [-0.4, -0.2) is 42.1 Å². The van der Waals surface area contributed by atoms with Gasteiger partial charge in [-0.1, -0.05) is 0 Å². The quantitative estimate of drug-likeness (QED) is 0.512. The molecule has 2 amide bonds. The normalized spacial score (nSPS) is 13.9. The van der Waals surface area contributed by atoms with Crippen LogP contribution in [0.25, 0.3) is 0 Å². The van der Waals surface area contributed by atoms with E-state index < -0.39 is 29.9 Å². The zero-order chi connectivity index (χ0) is 12.7. The Morgan fingerprint density at radius 2 is 2.00 bits per heavy atom. The smallest absolute Gasteiger partial charge is 0.326 e. The standard InChI is InChI=1S/C9H16N2O5/c1-5(16-2)8(13)11-6(9(14)15)3-4-7(10)12/h5-6H,3-4H2,1-2H3,(H2,10,12)(H,11,13)(H,14,15). The number of primary amides is 1. The van der Waals surface area contributed by atoms with E-state index >= 15 is 0 Å². The molecule has 0 spiro atoms. The van der Waals surface area contributed by atoms with Crippen LogP contribution in [0.1, 0.15) is 19.8 Å². The summed E-state index contributed by atoms with van der Waals surface area (Å²) < 4.78 is 4.72. The molecule has 2 atom stereocenters. The number of carbonyl (C=O) groups excluding carboxylic acids is 2.